The molecule has 0 saturated heterocycles. The van der Waals surface area contributed by atoms with Gasteiger partial charge in [0, 0.05) is 12.5 Å². The first-order chi connectivity index (χ1) is 10.6. The Balaban J connectivity index is 2.01. The molecule has 0 saturated carbocycles. The number of fused-ring (bicyclic) bond motifs is 1. The summed E-state index contributed by atoms with van der Waals surface area (Å²) in [5.74, 6) is 0.856. The van der Waals surface area contributed by atoms with Crippen LogP contribution in [0.15, 0.2) is 58.3 Å². The molecule has 0 bridgehead atoms. The third-order valence-corrected chi connectivity index (χ3v) is 5.76. The van der Waals surface area contributed by atoms with Crippen LogP contribution in [-0.2, 0) is 9.84 Å². The van der Waals surface area contributed by atoms with Crippen LogP contribution in [0.25, 0.3) is 0 Å². The fourth-order valence-electron chi connectivity index (χ4n) is 2.65. The van der Waals surface area contributed by atoms with Crippen LogP contribution in [0.3, 0.4) is 0 Å². The van der Waals surface area contributed by atoms with Crippen LogP contribution in [0.4, 0.5) is 0 Å². The van der Waals surface area contributed by atoms with Crippen LogP contribution in [0, 0.1) is 0 Å². The summed E-state index contributed by atoms with van der Waals surface area (Å²) in [4.78, 5) is 3.18. The molecule has 1 N–H and O–H groups in total. The van der Waals surface area contributed by atoms with Crippen molar-refractivity contribution in [1.82, 2.24) is 4.84 Å². The summed E-state index contributed by atoms with van der Waals surface area (Å²) < 4.78 is 30.9. The van der Waals surface area contributed by atoms with E-state index in [0.29, 0.717) is 18.9 Å². The van der Waals surface area contributed by atoms with Gasteiger partial charge in [-0.2, -0.15) is 0 Å². The Morgan fingerprint density at radius 2 is 1.91 bits per heavy atom. The molecule has 1 aliphatic heterocycles. The molecule has 4 nitrogen and oxygen atoms in total. The lowest BCUT2D eigenvalue weighted by Crippen LogP contribution is -2.21. The molecule has 0 fully saturated rings. The minimum atomic E-state index is -3.52. The maximum absolute atomic E-state index is 12.6. The molecule has 6 heteroatoms. The molecule has 3 rings (SSSR count). The molecular weight excluding hydrogens is 322 g/mol. The Kier molecular flexibility index (Phi) is 4.38. The molecule has 0 radical (unpaired) electrons. The highest BCUT2D eigenvalue weighted by Crippen LogP contribution is 2.36. The molecule has 1 aliphatic rings. The van der Waals surface area contributed by atoms with E-state index >= 15 is 0 Å². The molecule has 116 valence electrons. The van der Waals surface area contributed by atoms with E-state index in [1.54, 1.807) is 42.5 Å². The Labute approximate surface area is 135 Å². The van der Waals surface area contributed by atoms with Gasteiger partial charge in [0.05, 0.1) is 16.4 Å². The van der Waals surface area contributed by atoms with Crippen LogP contribution in [0.2, 0.25) is 0 Å². The summed E-state index contributed by atoms with van der Waals surface area (Å²) in [6.45, 7) is 1.19. The first-order valence-electron chi connectivity index (χ1n) is 7.03. The zero-order valence-corrected chi connectivity index (χ0v) is 13.4. The van der Waals surface area contributed by atoms with Gasteiger partial charge in [0.2, 0.25) is 9.84 Å². The number of ether oxygens (including phenoxy) is 1. The summed E-state index contributed by atoms with van der Waals surface area (Å²) in [6.07, 6.45) is 0.859. The fraction of sp³-hybridized carbons (Fsp3) is 0.250. The lowest BCUT2D eigenvalue weighted by molar-refractivity contribution is 0.266. The number of benzene rings is 2. The lowest BCUT2D eigenvalue weighted by atomic mass is 9.93. The van der Waals surface area contributed by atoms with Crippen molar-refractivity contribution in [1.29, 1.82) is 0 Å². The van der Waals surface area contributed by atoms with Gasteiger partial charge in [-0.05, 0) is 48.0 Å². The zero-order valence-electron chi connectivity index (χ0n) is 11.8. The minimum Gasteiger partial charge on any atom is -0.493 e. The summed E-state index contributed by atoms with van der Waals surface area (Å²) >= 11 is 5.60. The zero-order chi connectivity index (χ0) is 15.6. The van der Waals surface area contributed by atoms with Gasteiger partial charge in [-0.1, -0.05) is 24.3 Å². The maximum Gasteiger partial charge on any atom is 0.206 e. The van der Waals surface area contributed by atoms with Crippen LogP contribution in [-0.4, -0.2) is 21.6 Å². The predicted molar refractivity (Wildman–Crippen MR) is 85.0 cm³/mol. The van der Waals surface area contributed by atoms with E-state index in [9.17, 15) is 8.42 Å². The van der Waals surface area contributed by atoms with Crippen LogP contribution >= 0.6 is 11.8 Å². The van der Waals surface area contributed by atoms with Gasteiger partial charge in [0.25, 0.3) is 0 Å². The first kappa shape index (κ1) is 15.3. The van der Waals surface area contributed by atoms with Crippen molar-refractivity contribution in [3.8, 4) is 5.75 Å². The maximum atomic E-state index is 12.6. The molecule has 2 aromatic rings. The Hall–Kier alpha value is -1.56. The van der Waals surface area contributed by atoms with E-state index in [4.69, 9.17) is 16.5 Å². The van der Waals surface area contributed by atoms with E-state index in [1.807, 2.05) is 6.07 Å². The predicted octanol–water partition coefficient (Wildman–Crippen LogP) is 3.13. The molecule has 0 amide bonds. The Morgan fingerprint density at radius 1 is 1.14 bits per heavy atom. The quantitative estimate of drug-likeness (QED) is 0.871. The molecule has 1 unspecified atom stereocenters. The number of hydrogen-bond donors (Lipinski definition) is 1. The smallest absolute Gasteiger partial charge is 0.206 e. The number of sulfone groups is 1. The van der Waals surface area contributed by atoms with Crippen molar-refractivity contribution in [2.45, 2.75) is 22.1 Å². The Morgan fingerprint density at radius 3 is 2.64 bits per heavy atom. The standard InChI is InChI=1S/C16H16ClNO3S/c17-18-11-12-8-9-21-16-10-14(6-7-15(12)16)22(19,20)13-4-2-1-3-5-13/h1-7,10,12,18H,8-9,11H2. The summed E-state index contributed by atoms with van der Waals surface area (Å²) in [5, 5.41) is 0. The number of nitrogens with one attached hydrogen (secondary N) is 1. The number of rotatable bonds is 4. The van der Waals surface area contributed by atoms with Crippen LogP contribution < -0.4 is 9.57 Å². The van der Waals surface area contributed by atoms with Crippen molar-refractivity contribution in [2.24, 2.45) is 0 Å². The van der Waals surface area contributed by atoms with Crippen molar-refractivity contribution in [3.63, 3.8) is 0 Å². The second-order valence-corrected chi connectivity index (χ2v) is 7.40. The van der Waals surface area contributed by atoms with E-state index < -0.39 is 9.84 Å². The van der Waals surface area contributed by atoms with Gasteiger partial charge < -0.3 is 4.74 Å². The normalized spacial score (nSPS) is 17.6. The van der Waals surface area contributed by atoms with Crippen LogP contribution in [0.1, 0.15) is 17.9 Å². The summed E-state index contributed by atoms with van der Waals surface area (Å²) in [6, 6.07) is 13.5. The molecule has 22 heavy (non-hydrogen) atoms. The second-order valence-electron chi connectivity index (χ2n) is 5.19. The van der Waals surface area contributed by atoms with Crippen molar-refractivity contribution < 1.29 is 13.2 Å². The van der Waals surface area contributed by atoms with Gasteiger partial charge in [-0.25, -0.2) is 13.3 Å². The molecule has 0 aliphatic carbocycles. The van der Waals surface area contributed by atoms with Gasteiger partial charge >= 0.3 is 0 Å². The highest BCUT2D eigenvalue weighted by molar-refractivity contribution is 7.91. The fourth-order valence-corrected chi connectivity index (χ4v) is 4.13. The molecule has 1 atom stereocenters. The van der Waals surface area contributed by atoms with Crippen molar-refractivity contribution in [3.05, 3.63) is 54.1 Å². The van der Waals surface area contributed by atoms with Crippen molar-refractivity contribution in [2.75, 3.05) is 13.2 Å². The van der Waals surface area contributed by atoms with E-state index in [1.165, 1.54) is 0 Å². The SMILES string of the molecule is O=S(=O)(c1ccccc1)c1ccc2c(c1)OCCC2CNCl. The van der Waals surface area contributed by atoms with Gasteiger partial charge in [0.15, 0.2) is 0 Å². The molecule has 0 spiro atoms. The number of halogens is 1. The number of hydrogen-bond acceptors (Lipinski definition) is 4. The average molecular weight is 338 g/mol. The van der Waals surface area contributed by atoms with Crippen LogP contribution in [0.5, 0.6) is 5.75 Å². The largest absolute Gasteiger partial charge is 0.493 e. The molecule has 2 aromatic carbocycles. The average Bonchev–Trinajstić information content (AvgIpc) is 2.56. The molecule has 1 heterocycles. The van der Waals surface area contributed by atoms with Crippen molar-refractivity contribution >= 4 is 21.6 Å². The van der Waals surface area contributed by atoms with Gasteiger partial charge in [-0.15, -0.1) is 0 Å². The highest BCUT2D eigenvalue weighted by atomic mass is 35.5. The van der Waals surface area contributed by atoms with E-state index in [0.717, 1.165) is 12.0 Å². The lowest BCUT2D eigenvalue weighted by Gasteiger charge is -2.25. The second kappa shape index (κ2) is 6.28. The third-order valence-electron chi connectivity index (χ3n) is 3.84. The summed E-state index contributed by atoms with van der Waals surface area (Å²) in [5.41, 5.74) is 0.992. The van der Waals surface area contributed by atoms with E-state index in [2.05, 4.69) is 4.84 Å². The molecular formula is C16H16ClNO3S. The Bertz CT molecular complexity index is 762. The minimum absolute atomic E-state index is 0.231. The molecule has 0 aromatic heterocycles. The van der Waals surface area contributed by atoms with E-state index in [-0.39, 0.29) is 15.7 Å². The third kappa shape index (κ3) is 2.84. The first-order valence-corrected chi connectivity index (χ1v) is 8.89. The monoisotopic (exact) mass is 337 g/mol. The summed E-state index contributed by atoms with van der Waals surface area (Å²) in [7, 11) is -3.52. The van der Waals surface area contributed by atoms with Gasteiger partial charge in [-0.3, -0.25) is 0 Å². The highest BCUT2D eigenvalue weighted by Gasteiger charge is 2.24. The van der Waals surface area contributed by atoms with Gasteiger partial charge in [0.1, 0.15) is 5.75 Å². The topological polar surface area (TPSA) is 55.4 Å².